The molecule has 0 amide bonds. The van der Waals surface area contributed by atoms with Crippen LogP contribution in [-0.2, 0) is 17.8 Å². The number of esters is 1. The molecule has 0 spiro atoms. The fourth-order valence-corrected chi connectivity index (χ4v) is 4.66. The molecule has 0 atom stereocenters. The van der Waals surface area contributed by atoms with E-state index in [9.17, 15) is 4.79 Å². The first kappa shape index (κ1) is 22.5. The van der Waals surface area contributed by atoms with Crippen LogP contribution in [0.15, 0.2) is 89.9 Å². The summed E-state index contributed by atoms with van der Waals surface area (Å²) in [5.41, 5.74) is 4.65. The van der Waals surface area contributed by atoms with Gasteiger partial charge in [-0.15, -0.1) is 11.3 Å². The predicted molar refractivity (Wildman–Crippen MR) is 134 cm³/mol. The Balaban J connectivity index is 1.55. The Hall–Kier alpha value is -3.70. The number of benzene rings is 3. The van der Waals surface area contributed by atoms with E-state index in [2.05, 4.69) is 17.1 Å². The van der Waals surface area contributed by atoms with Gasteiger partial charge in [0.2, 0.25) is 0 Å². The molecule has 0 radical (unpaired) electrons. The van der Waals surface area contributed by atoms with Gasteiger partial charge in [0.25, 0.3) is 0 Å². The van der Waals surface area contributed by atoms with Gasteiger partial charge in [0, 0.05) is 17.5 Å². The van der Waals surface area contributed by atoms with Crippen molar-refractivity contribution >= 4 is 28.5 Å². The zero-order chi connectivity index (χ0) is 23.0. The Morgan fingerprint density at radius 2 is 1.64 bits per heavy atom. The Morgan fingerprint density at radius 3 is 2.33 bits per heavy atom. The Labute approximate surface area is 198 Å². The predicted octanol–water partition coefficient (Wildman–Crippen LogP) is 6.76. The van der Waals surface area contributed by atoms with E-state index < -0.39 is 0 Å². The molecule has 1 heterocycles. The first-order valence-corrected chi connectivity index (χ1v) is 11.5. The van der Waals surface area contributed by atoms with E-state index in [4.69, 9.17) is 9.47 Å². The smallest absolute Gasteiger partial charge is 0.341 e. The number of carbonyl (C=O) groups is 1. The van der Waals surface area contributed by atoms with Gasteiger partial charge < -0.3 is 9.47 Å². The highest BCUT2D eigenvalue weighted by Crippen LogP contribution is 2.37. The van der Waals surface area contributed by atoms with Crippen LogP contribution in [0.5, 0.6) is 5.75 Å². The van der Waals surface area contributed by atoms with Crippen LogP contribution in [0.2, 0.25) is 0 Å². The number of aliphatic imine (C=N–C) groups is 1. The van der Waals surface area contributed by atoms with E-state index in [1.807, 2.05) is 79.7 Å². The molecule has 3 aromatic carbocycles. The number of nitrogens with zero attached hydrogens (tertiary/aromatic N) is 1. The molecule has 0 bridgehead atoms. The molecule has 0 N–H and O–H groups in total. The maximum Gasteiger partial charge on any atom is 0.341 e. The molecule has 0 saturated heterocycles. The lowest BCUT2D eigenvalue weighted by Crippen LogP contribution is -2.02. The zero-order valence-electron chi connectivity index (χ0n) is 18.7. The first-order valence-electron chi connectivity index (χ1n) is 10.7. The fraction of sp³-hybridized carbons (Fsp3) is 0.143. The summed E-state index contributed by atoms with van der Waals surface area (Å²) in [6, 6.07) is 28.0. The lowest BCUT2D eigenvalue weighted by molar-refractivity contribution is 0.0601. The quantitative estimate of drug-likeness (QED) is 0.218. The van der Waals surface area contributed by atoms with E-state index in [1.165, 1.54) is 24.0 Å². The molecular formula is C28H25NO3S. The molecule has 166 valence electrons. The average Bonchev–Trinajstić information content (AvgIpc) is 3.17. The molecule has 4 nitrogen and oxygen atoms in total. The van der Waals surface area contributed by atoms with E-state index >= 15 is 0 Å². The minimum atomic E-state index is -0.366. The van der Waals surface area contributed by atoms with Gasteiger partial charge in [0.15, 0.2) is 0 Å². The molecule has 4 rings (SSSR count). The number of carbonyl (C=O) groups excluding carboxylic acids is 1. The summed E-state index contributed by atoms with van der Waals surface area (Å²) in [6.07, 6.45) is 2.51. The van der Waals surface area contributed by atoms with Crippen molar-refractivity contribution in [1.82, 2.24) is 0 Å². The first-order chi connectivity index (χ1) is 16.1. The second-order valence-electron chi connectivity index (χ2n) is 7.59. The highest BCUT2D eigenvalue weighted by atomic mass is 32.1. The Morgan fingerprint density at radius 1 is 0.939 bits per heavy atom. The van der Waals surface area contributed by atoms with Gasteiger partial charge >= 0.3 is 5.97 Å². The lowest BCUT2D eigenvalue weighted by Gasteiger charge is -2.06. The van der Waals surface area contributed by atoms with Crippen LogP contribution in [-0.4, -0.2) is 19.3 Å². The molecule has 33 heavy (non-hydrogen) atoms. The van der Waals surface area contributed by atoms with Crippen LogP contribution in [0.4, 0.5) is 5.00 Å². The van der Waals surface area contributed by atoms with Crippen molar-refractivity contribution in [2.24, 2.45) is 4.99 Å². The normalized spacial score (nSPS) is 11.0. The van der Waals surface area contributed by atoms with Crippen molar-refractivity contribution in [3.8, 4) is 5.75 Å². The fourth-order valence-electron chi connectivity index (χ4n) is 3.49. The maximum atomic E-state index is 12.5. The summed E-state index contributed by atoms with van der Waals surface area (Å²) < 4.78 is 11.0. The number of hydrogen-bond acceptors (Lipinski definition) is 5. The minimum Gasteiger partial charge on any atom is -0.489 e. The number of thiophene rings is 1. The van der Waals surface area contributed by atoms with Crippen LogP contribution in [0.3, 0.4) is 0 Å². The number of ether oxygens (including phenoxy) is 2. The number of hydrogen-bond donors (Lipinski definition) is 0. The molecule has 1 aromatic heterocycles. The summed E-state index contributed by atoms with van der Waals surface area (Å²) in [6.45, 7) is 2.46. The summed E-state index contributed by atoms with van der Waals surface area (Å²) in [7, 11) is 1.40. The minimum absolute atomic E-state index is 0.366. The second kappa shape index (κ2) is 10.7. The maximum absolute atomic E-state index is 12.5. The van der Waals surface area contributed by atoms with Crippen molar-refractivity contribution in [2.75, 3.05) is 7.11 Å². The summed E-state index contributed by atoms with van der Waals surface area (Å²) >= 11 is 1.53. The second-order valence-corrected chi connectivity index (χ2v) is 8.67. The standard InChI is InChI=1S/C28H25NO3S/c1-20-25(17-21-10-5-3-6-11-21)33-27(26(20)28(30)31-2)29-18-23-14-9-15-24(16-23)32-19-22-12-7-4-8-13-22/h3-16,18H,17,19H2,1-2H3. The van der Waals surface area contributed by atoms with Gasteiger partial charge in [-0.25, -0.2) is 9.79 Å². The average molecular weight is 456 g/mol. The van der Waals surface area contributed by atoms with E-state index in [0.717, 1.165) is 33.7 Å². The van der Waals surface area contributed by atoms with Crippen molar-refractivity contribution < 1.29 is 14.3 Å². The van der Waals surface area contributed by atoms with Gasteiger partial charge in [0.1, 0.15) is 17.4 Å². The topological polar surface area (TPSA) is 47.9 Å². The van der Waals surface area contributed by atoms with Gasteiger partial charge in [-0.2, -0.15) is 0 Å². The van der Waals surface area contributed by atoms with E-state index in [1.54, 1.807) is 6.21 Å². The molecule has 4 aromatic rings. The zero-order valence-corrected chi connectivity index (χ0v) is 19.5. The summed E-state index contributed by atoms with van der Waals surface area (Å²) in [4.78, 5) is 18.3. The molecule has 0 fully saturated rings. The molecule has 0 aliphatic rings. The molecule has 0 saturated carbocycles. The summed E-state index contributed by atoms with van der Waals surface area (Å²) in [5.74, 6) is 0.401. The van der Waals surface area contributed by atoms with Crippen molar-refractivity contribution in [3.05, 3.63) is 118 Å². The van der Waals surface area contributed by atoms with E-state index in [-0.39, 0.29) is 5.97 Å². The van der Waals surface area contributed by atoms with Crippen molar-refractivity contribution in [1.29, 1.82) is 0 Å². The summed E-state index contributed by atoms with van der Waals surface area (Å²) in [5, 5.41) is 0.654. The third kappa shape index (κ3) is 5.76. The van der Waals surface area contributed by atoms with E-state index in [0.29, 0.717) is 17.2 Å². The molecular weight excluding hydrogens is 430 g/mol. The van der Waals surface area contributed by atoms with Crippen molar-refractivity contribution in [2.45, 2.75) is 20.0 Å². The lowest BCUT2D eigenvalue weighted by atomic mass is 10.1. The third-order valence-electron chi connectivity index (χ3n) is 5.26. The van der Waals surface area contributed by atoms with Crippen LogP contribution < -0.4 is 4.74 Å². The van der Waals surface area contributed by atoms with Gasteiger partial charge in [-0.1, -0.05) is 72.8 Å². The molecule has 0 aliphatic heterocycles. The highest BCUT2D eigenvalue weighted by Gasteiger charge is 2.21. The number of rotatable bonds is 8. The highest BCUT2D eigenvalue weighted by molar-refractivity contribution is 7.16. The third-order valence-corrected chi connectivity index (χ3v) is 6.46. The Bertz CT molecular complexity index is 1250. The van der Waals surface area contributed by atoms with Crippen molar-refractivity contribution in [3.63, 3.8) is 0 Å². The van der Waals surface area contributed by atoms with Gasteiger partial charge in [0.05, 0.1) is 12.7 Å². The number of methoxy groups -OCH3 is 1. The van der Waals surface area contributed by atoms with Crippen LogP contribution in [0.25, 0.3) is 0 Å². The molecule has 0 aliphatic carbocycles. The van der Waals surface area contributed by atoms with Crippen LogP contribution in [0, 0.1) is 6.92 Å². The van der Waals surface area contributed by atoms with Gasteiger partial charge in [-0.05, 0) is 41.3 Å². The largest absolute Gasteiger partial charge is 0.489 e. The van der Waals surface area contributed by atoms with Crippen LogP contribution in [0.1, 0.15) is 37.5 Å². The SMILES string of the molecule is COC(=O)c1c(N=Cc2cccc(OCc3ccccc3)c2)sc(Cc2ccccc2)c1C. The van der Waals surface area contributed by atoms with Crippen LogP contribution >= 0.6 is 11.3 Å². The monoisotopic (exact) mass is 455 g/mol. The molecule has 0 unspecified atom stereocenters. The molecule has 5 heteroatoms. The van der Waals surface area contributed by atoms with Gasteiger partial charge in [-0.3, -0.25) is 0 Å². The Kier molecular flexibility index (Phi) is 7.33.